The molecule has 0 amide bonds. The summed E-state index contributed by atoms with van der Waals surface area (Å²) in [5.41, 5.74) is 0. The highest BCUT2D eigenvalue weighted by Crippen LogP contribution is 2.38. The fraction of sp³-hybridized carbons (Fsp3) is 0.625. The molecule has 3 heteroatoms. The van der Waals surface area contributed by atoms with Crippen molar-refractivity contribution in [2.24, 2.45) is 0 Å². The highest BCUT2D eigenvalue weighted by atomic mass is 16.7. The number of aromatic nitrogens is 2. The summed E-state index contributed by atoms with van der Waals surface area (Å²) in [6, 6.07) is 0. The van der Waals surface area contributed by atoms with Crippen LogP contribution in [0.15, 0.2) is 12.4 Å². The van der Waals surface area contributed by atoms with E-state index < -0.39 is 0 Å². The third-order valence-electron chi connectivity index (χ3n) is 1.85. The van der Waals surface area contributed by atoms with E-state index in [0.717, 1.165) is 5.82 Å². The summed E-state index contributed by atoms with van der Waals surface area (Å²) in [4.78, 5) is 9.57. The minimum Gasteiger partial charge on any atom is -0.413 e. The van der Waals surface area contributed by atoms with Crippen LogP contribution in [-0.4, -0.2) is 16.3 Å². The summed E-state index contributed by atoms with van der Waals surface area (Å²) in [5, 5.41) is 0. The smallest absolute Gasteiger partial charge is 0.147 e. The van der Waals surface area contributed by atoms with Crippen molar-refractivity contribution in [3.63, 3.8) is 0 Å². The monoisotopic (exact) mass is 152 g/mol. The lowest BCUT2D eigenvalue weighted by molar-refractivity contribution is 0.114. The van der Waals surface area contributed by atoms with E-state index in [9.17, 15) is 0 Å². The van der Waals surface area contributed by atoms with Crippen molar-refractivity contribution in [2.45, 2.75) is 25.7 Å². The Morgan fingerprint density at radius 1 is 1.73 bits per heavy atom. The van der Waals surface area contributed by atoms with Crippen LogP contribution in [0.3, 0.4) is 0 Å². The van der Waals surface area contributed by atoms with Gasteiger partial charge in [0.15, 0.2) is 0 Å². The molecule has 0 bridgehead atoms. The number of hydrogen-bond donors (Lipinski definition) is 0. The molecule has 0 spiro atoms. The van der Waals surface area contributed by atoms with Crippen LogP contribution in [0, 0.1) is 0 Å². The molecule has 11 heavy (non-hydrogen) atoms. The minimum absolute atomic E-state index is 0.663. The molecule has 0 N–H and O–H groups in total. The van der Waals surface area contributed by atoms with Crippen molar-refractivity contribution in [3.05, 3.63) is 18.2 Å². The Labute approximate surface area is 66.0 Å². The molecular weight excluding hydrogens is 140 g/mol. The predicted molar refractivity (Wildman–Crippen MR) is 41.3 cm³/mol. The van der Waals surface area contributed by atoms with Crippen molar-refractivity contribution in [1.29, 1.82) is 0 Å². The number of hydrogen-bond acceptors (Lipinski definition) is 2. The SMILES string of the molecule is CCOn1ccnc1C1CC1. The molecule has 0 atom stereocenters. The summed E-state index contributed by atoms with van der Waals surface area (Å²) in [5.74, 6) is 1.75. The molecular formula is C8H12N2O. The van der Waals surface area contributed by atoms with Crippen molar-refractivity contribution in [3.8, 4) is 0 Å². The third-order valence-corrected chi connectivity index (χ3v) is 1.85. The lowest BCUT2D eigenvalue weighted by atomic mass is 10.4. The van der Waals surface area contributed by atoms with Crippen LogP contribution in [0.4, 0.5) is 0 Å². The maximum Gasteiger partial charge on any atom is 0.147 e. The minimum atomic E-state index is 0.663. The van der Waals surface area contributed by atoms with Crippen LogP contribution in [-0.2, 0) is 0 Å². The first-order chi connectivity index (χ1) is 5.42. The highest BCUT2D eigenvalue weighted by Gasteiger charge is 2.28. The molecule has 2 rings (SSSR count). The number of imidazole rings is 1. The quantitative estimate of drug-likeness (QED) is 0.651. The van der Waals surface area contributed by atoms with Gasteiger partial charge in [0.2, 0.25) is 0 Å². The Morgan fingerprint density at radius 2 is 2.55 bits per heavy atom. The Balaban J connectivity index is 2.16. The van der Waals surface area contributed by atoms with Gasteiger partial charge in [0.05, 0.1) is 6.20 Å². The van der Waals surface area contributed by atoms with E-state index in [1.165, 1.54) is 12.8 Å². The molecule has 0 aliphatic heterocycles. The molecule has 0 saturated heterocycles. The number of rotatable bonds is 3. The summed E-state index contributed by atoms with van der Waals surface area (Å²) in [6.45, 7) is 2.69. The average molecular weight is 152 g/mol. The molecule has 1 heterocycles. The predicted octanol–water partition coefficient (Wildman–Crippen LogP) is 1.21. The van der Waals surface area contributed by atoms with Gasteiger partial charge in [-0.3, -0.25) is 0 Å². The molecule has 0 radical (unpaired) electrons. The summed E-state index contributed by atoms with van der Waals surface area (Å²) in [6.07, 6.45) is 6.20. The van der Waals surface area contributed by atoms with Crippen LogP contribution < -0.4 is 4.84 Å². The molecule has 1 saturated carbocycles. The highest BCUT2D eigenvalue weighted by molar-refractivity contribution is 5.05. The van der Waals surface area contributed by atoms with E-state index in [1.54, 1.807) is 10.9 Å². The molecule has 60 valence electrons. The molecule has 1 aliphatic carbocycles. The van der Waals surface area contributed by atoms with Gasteiger partial charge >= 0.3 is 0 Å². The van der Waals surface area contributed by atoms with Crippen LogP contribution in [0.5, 0.6) is 0 Å². The molecule has 0 aromatic carbocycles. The first-order valence-electron chi connectivity index (χ1n) is 4.08. The molecule has 1 aromatic heterocycles. The van der Waals surface area contributed by atoms with Crippen molar-refractivity contribution in [2.75, 3.05) is 6.61 Å². The van der Waals surface area contributed by atoms with E-state index in [4.69, 9.17) is 4.84 Å². The van der Waals surface area contributed by atoms with Crippen molar-refractivity contribution >= 4 is 0 Å². The second kappa shape index (κ2) is 2.57. The largest absolute Gasteiger partial charge is 0.413 e. The van der Waals surface area contributed by atoms with Gasteiger partial charge in [0.25, 0.3) is 0 Å². The zero-order chi connectivity index (χ0) is 7.68. The fourth-order valence-corrected chi connectivity index (χ4v) is 1.18. The zero-order valence-electron chi connectivity index (χ0n) is 6.66. The Hall–Kier alpha value is -0.990. The van der Waals surface area contributed by atoms with Gasteiger partial charge in [-0.1, -0.05) is 0 Å². The van der Waals surface area contributed by atoms with E-state index in [1.807, 2.05) is 13.1 Å². The maximum atomic E-state index is 5.33. The second-order valence-electron chi connectivity index (χ2n) is 2.80. The summed E-state index contributed by atoms with van der Waals surface area (Å²) in [7, 11) is 0. The first-order valence-corrected chi connectivity index (χ1v) is 4.08. The molecule has 1 aromatic rings. The van der Waals surface area contributed by atoms with Crippen LogP contribution in [0.2, 0.25) is 0 Å². The lowest BCUT2D eigenvalue weighted by Gasteiger charge is -2.05. The Bertz CT molecular complexity index is 240. The lowest BCUT2D eigenvalue weighted by Crippen LogP contribution is -2.12. The summed E-state index contributed by atoms with van der Waals surface area (Å²) >= 11 is 0. The fourth-order valence-electron chi connectivity index (χ4n) is 1.18. The normalized spacial score (nSPS) is 16.8. The molecule has 0 unspecified atom stereocenters. The topological polar surface area (TPSA) is 27.1 Å². The molecule has 3 nitrogen and oxygen atoms in total. The van der Waals surface area contributed by atoms with Crippen LogP contribution in [0.1, 0.15) is 31.5 Å². The van der Waals surface area contributed by atoms with Gasteiger partial charge in [0.1, 0.15) is 12.4 Å². The van der Waals surface area contributed by atoms with Gasteiger partial charge in [-0.05, 0) is 19.8 Å². The van der Waals surface area contributed by atoms with Gasteiger partial charge in [-0.25, -0.2) is 4.98 Å². The van der Waals surface area contributed by atoms with E-state index >= 15 is 0 Å². The van der Waals surface area contributed by atoms with Crippen LogP contribution in [0.25, 0.3) is 0 Å². The van der Waals surface area contributed by atoms with E-state index in [2.05, 4.69) is 4.98 Å². The van der Waals surface area contributed by atoms with Crippen molar-refractivity contribution < 1.29 is 4.84 Å². The summed E-state index contributed by atoms with van der Waals surface area (Å²) < 4.78 is 1.79. The Morgan fingerprint density at radius 3 is 3.18 bits per heavy atom. The first kappa shape index (κ1) is 6.70. The molecule has 1 fully saturated rings. The Kier molecular flexibility index (Phi) is 1.56. The van der Waals surface area contributed by atoms with Gasteiger partial charge in [-0.15, -0.1) is 0 Å². The molecule has 1 aliphatic rings. The van der Waals surface area contributed by atoms with Gasteiger partial charge < -0.3 is 4.84 Å². The number of nitrogens with zero attached hydrogens (tertiary/aromatic N) is 2. The van der Waals surface area contributed by atoms with E-state index in [-0.39, 0.29) is 0 Å². The van der Waals surface area contributed by atoms with Gasteiger partial charge in [-0.2, -0.15) is 4.73 Å². The maximum absolute atomic E-state index is 5.33. The van der Waals surface area contributed by atoms with Crippen LogP contribution >= 0.6 is 0 Å². The van der Waals surface area contributed by atoms with E-state index in [0.29, 0.717) is 12.5 Å². The second-order valence-corrected chi connectivity index (χ2v) is 2.80. The average Bonchev–Trinajstić information content (AvgIpc) is 2.75. The third kappa shape index (κ3) is 1.23. The zero-order valence-corrected chi connectivity index (χ0v) is 6.66. The van der Waals surface area contributed by atoms with Gasteiger partial charge in [0, 0.05) is 12.1 Å². The standard InChI is InChI=1S/C8H12N2O/c1-2-11-10-6-5-9-8(10)7-3-4-7/h5-7H,2-4H2,1H3. The van der Waals surface area contributed by atoms with Crippen molar-refractivity contribution in [1.82, 2.24) is 9.71 Å².